The lowest BCUT2D eigenvalue weighted by molar-refractivity contribution is 0.0532. The maximum absolute atomic E-state index is 13.3. The van der Waals surface area contributed by atoms with Gasteiger partial charge in [-0.2, -0.15) is 0 Å². The number of benzene rings is 1. The molecule has 1 aromatic carbocycles. The van der Waals surface area contributed by atoms with Crippen LogP contribution in [0.15, 0.2) is 52.5 Å². The van der Waals surface area contributed by atoms with Crippen LogP contribution >= 0.6 is 11.3 Å². The molecule has 2 amide bonds. The summed E-state index contributed by atoms with van der Waals surface area (Å²) in [5.41, 5.74) is 0.689. The van der Waals surface area contributed by atoms with E-state index in [-0.39, 0.29) is 11.8 Å². The molecule has 0 atom stereocenters. The van der Waals surface area contributed by atoms with Crippen molar-refractivity contribution in [3.63, 3.8) is 0 Å². The summed E-state index contributed by atoms with van der Waals surface area (Å²) in [5, 5.41) is 2.37. The van der Waals surface area contributed by atoms with Crippen LogP contribution in [0, 0.1) is 5.82 Å². The summed E-state index contributed by atoms with van der Waals surface area (Å²) in [6, 6.07) is 9.20. The van der Waals surface area contributed by atoms with Crippen LogP contribution < -0.4 is 0 Å². The van der Waals surface area contributed by atoms with Gasteiger partial charge in [-0.3, -0.25) is 9.59 Å². The first kappa shape index (κ1) is 17.4. The molecule has 6 nitrogen and oxygen atoms in total. The Morgan fingerprint density at radius 1 is 1.04 bits per heavy atom. The lowest BCUT2D eigenvalue weighted by Gasteiger charge is -2.34. The third-order valence-electron chi connectivity index (χ3n) is 4.38. The fraction of sp³-hybridized carbons (Fsp3) is 0.211. The number of hydrogen-bond acceptors (Lipinski definition) is 5. The molecule has 1 saturated heterocycles. The average Bonchev–Trinajstić information content (AvgIpc) is 3.38. The predicted octanol–water partition coefficient (Wildman–Crippen LogP) is 3.14. The molecule has 138 valence electrons. The van der Waals surface area contributed by atoms with Gasteiger partial charge in [-0.25, -0.2) is 9.37 Å². The van der Waals surface area contributed by atoms with Gasteiger partial charge < -0.3 is 14.2 Å². The maximum Gasteiger partial charge on any atom is 0.273 e. The quantitative estimate of drug-likeness (QED) is 0.695. The number of carbonyl (C=O) groups is 2. The smallest absolute Gasteiger partial charge is 0.273 e. The summed E-state index contributed by atoms with van der Waals surface area (Å²) in [6.07, 6.45) is 1.56. The van der Waals surface area contributed by atoms with Gasteiger partial charge in [0.1, 0.15) is 11.5 Å². The summed E-state index contributed by atoms with van der Waals surface area (Å²) in [7, 11) is 0. The third-order valence-corrected chi connectivity index (χ3v) is 5.24. The number of thiazole rings is 1. The van der Waals surface area contributed by atoms with Gasteiger partial charge in [-0.1, -0.05) is 6.07 Å². The predicted molar refractivity (Wildman–Crippen MR) is 98.0 cm³/mol. The first-order chi connectivity index (χ1) is 13.1. The Hall–Kier alpha value is -3.00. The summed E-state index contributed by atoms with van der Waals surface area (Å²) >= 11 is 1.35. The van der Waals surface area contributed by atoms with E-state index >= 15 is 0 Å². The summed E-state index contributed by atoms with van der Waals surface area (Å²) < 4.78 is 18.6. The molecule has 3 aromatic rings. The number of amides is 2. The Balaban J connectivity index is 1.39. The SMILES string of the molecule is O=C(c1cccc(F)c1)N1CCN(C(=O)c2csc(-c3ccco3)n2)CC1. The van der Waals surface area contributed by atoms with Crippen molar-refractivity contribution in [2.75, 3.05) is 26.2 Å². The molecule has 1 aliphatic rings. The van der Waals surface area contributed by atoms with Gasteiger partial charge in [0.25, 0.3) is 11.8 Å². The van der Waals surface area contributed by atoms with Crippen LogP contribution in [-0.2, 0) is 0 Å². The van der Waals surface area contributed by atoms with E-state index in [1.807, 2.05) is 0 Å². The first-order valence-corrected chi connectivity index (χ1v) is 9.33. The summed E-state index contributed by atoms with van der Waals surface area (Å²) in [6.45, 7) is 1.62. The number of furan rings is 1. The fourth-order valence-corrected chi connectivity index (χ4v) is 3.72. The molecular weight excluding hydrogens is 369 g/mol. The van der Waals surface area contributed by atoms with Gasteiger partial charge in [0.2, 0.25) is 0 Å². The Kier molecular flexibility index (Phi) is 4.72. The number of carbonyl (C=O) groups excluding carboxylic acids is 2. The highest BCUT2D eigenvalue weighted by Crippen LogP contribution is 2.24. The van der Waals surface area contributed by atoms with Crippen LogP contribution in [0.4, 0.5) is 4.39 Å². The molecule has 1 fully saturated rings. The minimum atomic E-state index is -0.439. The van der Waals surface area contributed by atoms with Gasteiger partial charge in [-0.05, 0) is 30.3 Å². The van der Waals surface area contributed by atoms with E-state index < -0.39 is 5.82 Å². The fourth-order valence-electron chi connectivity index (χ4n) is 2.96. The van der Waals surface area contributed by atoms with Gasteiger partial charge in [0, 0.05) is 37.1 Å². The van der Waals surface area contributed by atoms with E-state index in [4.69, 9.17) is 4.42 Å². The molecule has 8 heteroatoms. The number of nitrogens with zero attached hydrogens (tertiary/aromatic N) is 3. The van der Waals surface area contributed by atoms with Crippen molar-refractivity contribution in [2.45, 2.75) is 0 Å². The summed E-state index contributed by atoms with van der Waals surface area (Å²) in [4.78, 5) is 32.8. The molecule has 3 heterocycles. The number of aromatic nitrogens is 1. The van der Waals surface area contributed by atoms with Crippen LogP contribution in [-0.4, -0.2) is 52.8 Å². The highest BCUT2D eigenvalue weighted by molar-refractivity contribution is 7.13. The van der Waals surface area contributed by atoms with Crippen LogP contribution in [0.1, 0.15) is 20.8 Å². The molecule has 27 heavy (non-hydrogen) atoms. The number of piperazine rings is 1. The number of halogens is 1. The topological polar surface area (TPSA) is 66.7 Å². The van der Waals surface area contributed by atoms with Crippen LogP contribution in [0.5, 0.6) is 0 Å². The maximum atomic E-state index is 13.3. The Morgan fingerprint density at radius 2 is 1.78 bits per heavy atom. The van der Waals surface area contributed by atoms with E-state index in [9.17, 15) is 14.0 Å². The van der Waals surface area contributed by atoms with Crippen molar-refractivity contribution in [2.24, 2.45) is 0 Å². The minimum Gasteiger partial charge on any atom is -0.462 e. The number of rotatable bonds is 3. The molecule has 0 bridgehead atoms. The van der Waals surface area contributed by atoms with Crippen LogP contribution in [0.3, 0.4) is 0 Å². The summed E-state index contributed by atoms with van der Waals surface area (Å²) in [5.74, 6) is -0.201. The van der Waals surface area contributed by atoms with Gasteiger partial charge >= 0.3 is 0 Å². The largest absolute Gasteiger partial charge is 0.462 e. The molecule has 0 unspecified atom stereocenters. The second-order valence-electron chi connectivity index (χ2n) is 6.11. The minimum absolute atomic E-state index is 0.165. The average molecular weight is 385 g/mol. The lowest BCUT2D eigenvalue weighted by atomic mass is 10.1. The molecule has 0 spiro atoms. The van der Waals surface area contributed by atoms with Crippen molar-refractivity contribution < 1.29 is 18.4 Å². The Morgan fingerprint density at radius 3 is 2.44 bits per heavy atom. The monoisotopic (exact) mass is 385 g/mol. The zero-order valence-corrected chi connectivity index (χ0v) is 15.1. The van der Waals surface area contributed by atoms with Crippen LogP contribution in [0.25, 0.3) is 10.8 Å². The second-order valence-corrected chi connectivity index (χ2v) is 6.97. The zero-order chi connectivity index (χ0) is 18.8. The van der Waals surface area contributed by atoms with E-state index in [1.165, 1.54) is 29.5 Å². The zero-order valence-electron chi connectivity index (χ0n) is 14.3. The molecule has 0 radical (unpaired) electrons. The highest BCUT2D eigenvalue weighted by atomic mass is 32.1. The van der Waals surface area contributed by atoms with Gasteiger partial charge in [0.15, 0.2) is 10.8 Å². The van der Waals surface area contributed by atoms with E-state index in [0.717, 1.165) is 0 Å². The van der Waals surface area contributed by atoms with E-state index in [1.54, 1.807) is 39.6 Å². The second kappa shape index (κ2) is 7.32. The number of hydrogen-bond donors (Lipinski definition) is 0. The highest BCUT2D eigenvalue weighted by Gasteiger charge is 2.27. The Labute approximate surface area is 158 Å². The molecule has 4 rings (SSSR count). The standard InChI is InChI=1S/C19H16FN3O3S/c20-14-4-1-3-13(11-14)18(24)22-6-8-23(9-7-22)19(25)15-12-27-17(21-15)16-5-2-10-26-16/h1-5,10-12H,6-9H2. The first-order valence-electron chi connectivity index (χ1n) is 8.45. The normalized spacial score (nSPS) is 14.4. The van der Waals surface area contributed by atoms with Crippen molar-refractivity contribution >= 4 is 23.2 Å². The van der Waals surface area contributed by atoms with Gasteiger partial charge in [-0.15, -0.1) is 11.3 Å². The van der Waals surface area contributed by atoms with Gasteiger partial charge in [0.05, 0.1) is 6.26 Å². The van der Waals surface area contributed by atoms with Crippen molar-refractivity contribution in [1.29, 1.82) is 0 Å². The Bertz CT molecular complexity index is 962. The van der Waals surface area contributed by atoms with Crippen molar-refractivity contribution in [3.05, 3.63) is 65.1 Å². The van der Waals surface area contributed by atoms with Crippen LogP contribution in [0.2, 0.25) is 0 Å². The van der Waals surface area contributed by atoms with E-state index in [2.05, 4.69) is 4.98 Å². The molecule has 0 N–H and O–H groups in total. The van der Waals surface area contributed by atoms with Crippen molar-refractivity contribution in [1.82, 2.24) is 14.8 Å². The van der Waals surface area contributed by atoms with E-state index in [0.29, 0.717) is 48.2 Å². The molecule has 1 aliphatic heterocycles. The third kappa shape index (κ3) is 3.61. The lowest BCUT2D eigenvalue weighted by Crippen LogP contribution is -2.50. The molecule has 0 saturated carbocycles. The van der Waals surface area contributed by atoms with Crippen molar-refractivity contribution in [3.8, 4) is 10.8 Å². The molecule has 2 aromatic heterocycles. The molecule has 0 aliphatic carbocycles. The molecular formula is C19H16FN3O3S.